The molecule has 0 unspecified atom stereocenters. The first-order valence-electron chi connectivity index (χ1n) is 4.19. The van der Waals surface area contributed by atoms with Crippen molar-refractivity contribution in [3.8, 4) is 0 Å². The van der Waals surface area contributed by atoms with Crippen molar-refractivity contribution in [3.05, 3.63) is 48.5 Å². The summed E-state index contributed by atoms with van der Waals surface area (Å²) in [7, 11) is 1.65. The van der Waals surface area contributed by atoms with Crippen LogP contribution in [-0.2, 0) is 0 Å². The van der Waals surface area contributed by atoms with Crippen LogP contribution < -0.4 is 11.3 Å². The van der Waals surface area contributed by atoms with Gasteiger partial charge in [-0.2, -0.15) is 0 Å². The predicted molar refractivity (Wildman–Crippen MR) is 57.2 cm³/mol. The average Bonchev–Trinajstić information content (AvgIpc) is 2.19. The molecule has 2 heteroatoms. The molecule has 0 saturated heterocycles. The number of nitrogens with one attached hydrogen (secondary N) is 1. The smallest absolute Gasteiger partial charge is 0.00172 e. The Hall–Kier alpha value is -1.38. The van der Waals surface area contributed by atoms with Gasteiger partial charge in [-0.25, -0.2) is 0 Å². The molecule has 68 valence electrons. The molecule has 0 atom stereocenters. The van der Waals surface area contributed by atoms with E-state index in [4.69, 9.17) is 0 Å². The highest BCUT2D eigenvalue weighted by atomic mass is 15.2. The molecule has 0 heterocycles. The zero-order chi connectivity index (χ0) is 9.52. The van der Waals surface area contributed by atoms with E-state index in [-0.39, 0.29) is 0 Å². The molecule has 0 saturated carbocycles. The molecule has 0 fully saturated rings. The topological polar surface area (TPSA) is 38.0 Å². The van der Waals surface area contributed by atoms with E-state index < -0.39 is 0 Å². The summed E-state index contributed by atoms with van der Waals surface area (Å²) in [5.41, 5.74) is 2.25. The highest BCUT2D eigenvalue weighted by molar-refractivity contribution is 5.81. The first kappa shape index (κ1) is 9.71. The minimum atomic E-state index is 1.31. The first-order valence-corrected chi connectivity index (χ1v) is 4.19. The molecule has 0 radical (unpaired) electrons. The lowest BCUT2D eigenvalue weighted by molar-refractivity contribution is 0.900. The number of hydrazine groups is 1. The van der Waals surface area contributed by atoms with Gasteiger partial charge in [-0.1, -0.05) is 48.5 Å². The summed E-state index contributed by atoms with van der Waals surface area (Å²) in [6.07, 6.45) is 0. The summed E-state index contributed by atoms with van der Waals surface area (Å²) in [6, 6.07) is 16.7. The fraction of sp³-hybridized carbons (Fsp3) is 0.0909. The summed E-state index contributed by atoms with van der Waals surface area (Å²) in [5.74, 6) is 4.60. The van der Waals surface area contributed by atoms with E-state index in [1.807, 2.05) is 0 Å². The third-order valence-electron chi connectivity index (χ3n) is 1.66. The molecular weight excluding hydrogens is 160 g/mol. The Balaban J connectivity index is 0.000000251. The molecule has 0 aliphatic carbocycles. The maximum atomic E-state index is 4.60. The van der Waals surface area contributed by atoms with Crippen molar-refractivity contribution in [2.45, 2.75) is 0 Å². The van der Waals surface area contributed by atoms with Gasteiger partial charge in [0.15, 0.2) is 0 Å². The molecule has 2 aromatic carbocycles. The summed E-state index contributed by atoms with van der Waals surface area (Å²) in [5, 5.41) is 2.62. The van der Waals surface area contributed by atoms with Gasteiger partial charge in [0, 0.05) is 0 Å². The van der Waals surface area contributed by atoms with Crippen LogP contribution in [0, 0.1) is 0 Å². The lowest BCUT2D eigenvalue weighted by Crippen LogP contribution is -2.13. The van der Waals surface area contributed by atoms with Crippen LogP contribution in [-0.4, -0.2) is 7.05 Å². The third-order valence-corrected chi connectivity index (χ3v) is 1.66. The van der Waals surface area contributed by atoms with Crippen LogP contribution >= 0.6 is 0 Å². The van der Waals surface area contributed by atoms with Crippen LogP contribution in [0.5, 0.6) is 0 Å². The Labute approximate surface area is 78.3 Å². The fourth-order valence-corrected chi connectivity index (χ4v) is 1.13. The van der Waals surface area contributed by atoms with Gasteiger partial charge in [0.05, 0.1) is 0 Å². The molecule has 3 N–H and O–H groups in total. The summed E-state index contributed by atoms with van der Waals surface area (Å²) >= 11 is 0. The second-order valence-electron chi connectivity index (χ2n) is 2.64. The highest BCUT2D eigenvalue weighted by Crippen LogP contribution is 2.11. The summed E-state index contributed by atoms with van der Waals surface area (Å²) in [4.78, 5) is 0. The van der Waals surface area contributed by atoms with Crippen molar-refractivity contribution in [3.63, 3.8) is 0 Å². The maximum absolute atomic E-state index is 4.60. The van der Waals surface area contributed by atoms with Crippen molar-refractivity contribution in [2.24, 2.45) is 5.84 Å². The van der Waals surface area contributed by atoms with E-state index in [0.29, 0.717) is 0 Å². The van der Waals surface area contributed by atoms with E-state index >= 15 is 0 Å². The van der Waals surface area contributed by atoms with E-state index in [2.05, 4.69) is 59.8 Å². The lowest BCUT2D eigenvalue weighted by atomic mass is 10.1. The molecule has 0 spiro atoms. The van der Waals surface area contributed by atoms with E-state index in [1.54, 1.807) is 7.05 Å². The molecule has 13 heavy (non-hydrogen) atoms. The van der Waals surface area contributed by atoms with Crippen LogP contribution in [0.4, 0.5) is 0 Å². The van der Waals surface area contributed by atoms with Gasteiger partial charge < -0.3 is 0 Å². The molecule has 2 rings (SSSR count). The molecule has 0 amide bonds. The second-order valence-corrected chi connectivity index (χ2v) is 2.64. The standard InChI is InChI=1S/C10H8.CH6N2/c1-2-6-10-8-4-3-7-9(10)5-1;1-3-2/h1-8H;3H,2H2,1H3. The molecule has 0 aliphatic heterocycles. The number of hydrogen-bond donors (Lipinski definition) is 2. The largest absolute Gasteiger partial charge is 0.272 e. The monoisotopic (exact) mass is 174 g/mol. The fourth-order valence-electron chi connectivity index (χ4n) is 1.13. The number of rotatable bonds is 0. The third kappa shape index (κ3) is 2.86. The average molecular weight is 174 g/mol. The number of nitrogens with two attached hydrogens (primary N) is 1. The molecule has 0 bridgehead atoms. The second kappa shape index (κ2) is 5.30. The quantitative estimate of drug-likeness (QED) is 0.473. The summed E-state index contributed by atoms with van der Waals surface area (Å²) in [6.45, 7) is 0. The van der Waals surface area contributed by atoms with Crippen LogP contribution in [0.15, 0.2) is 48.5 Å². The minimum absolute atomic E-state index is 1.31. The van der Waals surface area contributed by atoms with Gasteiger partial charge in [0.2, 0.25) is 0 Å². The summed E-state index contributed by atoms with van der Waals surface area (Å²) < 4.78 is 0. The van der Waals surface area contributed by atoms with E-state index in [0.717, 1.165) is 0 Å². The zero-order valence-electron chi connectivity index (χ0n) is 7.70. The van der Waals surface area contributed by atoms with Crippen LogP contribution in [0.25, 0.3) is 10.8 Å². The molecular formula is C11H14N2. The predicted octanol–water partition coefficient (Wildman–Crippen LogP) is 1.92. The van der Waals surface area contributed by atoms with Crippen LogP contribution in [0.2, 0.25) is 0 Å². The highest BCUT2D eigenvalue weighted by Gasteiger charge is 1.85. The van der Waals surface area contributed by atoms with E-state index in [1.165, 1.54) is 10.8 Å². The van der Waals surface area contributed by atoms with Crippen LogP contribution in [0.3, 0.4) is 0 Å². The van der Waals surface area contributed by atoms with Gasteiger partial charge in [0.25, 0.3) is 0 Å². The van der Waals surface area contributed by atoms with Gasteiger partial charge in [-0.3, -0.25) is 11.3 Å². The Kier molecular flexibility index (Phi) is 3.96. The number of fused-ring (bicyclic) bond motifs is 1. The van der Waals surface area contributed by atoms with Crippen molar-refractivity contribution in [2.75, 3.05) is 7.05 Å². The number of benzene rings is 2. The van der Waals surface area contributed by atoms with Crippen LogP contribution in [0.1, 0.15) is 0 Å². The zero-order valence-corrected chi connectivity index (χ0v) is 7.70. The van der Waals surface area contributed by atoms with E-state index in [9.17, 15) is 0 Å². The van der Waals surface area contributed by atoms with Crippen molar-refractivity contribution in [1.29, 1.82) is 0 Å². The van der Waals surface area contributed by atoms with Gasteiger partial charge >= 0.3 is 0 Å². The van der Waals surface area contributed by atoms with Crippen molar-refractivity contribution >= 4 is 10.8 Å². The van der Waals surface area contributed by atoms with Crippen molar-refractivity contribution in [1.82, 2.24) is 5.43 Å². The van der Waals surface area contributed by atoms with Gasteiger partial charge in [-0.05, 0) is 17.8 Å². The van der Waals surface area contributed by atoms with Gasteiger partial charge in [-0.15, -0.1) is 0 Å². The Morgan fingerprint density at radius 2 is 1.08 bits per heavy atom. The Morgan fingerprint density at radius 1 is 0.846 bits per heavy atom. The molecule has 0 aliphatic rings. The minimum Gasteiger partial charge on any atom is -0.272 e. The molecule has 0 aromatic heterocycles. The normalized spacial score (nSPS) is 9.08. The lowest BCUT2D eigenvalue weighted by Gasteiger charge is -1.92. The Morgan fingerprint density at radius 3 is 1.31 bits per heavy atom. The Bertz CT molecular complexity index is 292. The van der Waals surface area contributed by atoms with Gasteiger partial charge in [0.1, 0.15) is 0 Å². The SMILES string of the molecule is CNN.c1ccc2ccccc2c1. The molecule has 2 nitrogen and oxygen atoms in total. The van der Waals surface area contributed by atoms with Crippen molar-refractivity contribution < 1.29 is 0 Å². The molecule has 2 aromatic rings. The maximum Gasteiger partial charge on any atom is -0.00172 e. The number of hydrogen-bond acceptors (Lipinski definition) is 2. The first-order chi connectivity index (χ1) is 6.38.